The molecule has 0 aliphatic carbocycles. The third-order valence-corrected chi connectivity index (χ3v) is 8.36. The van der Waals surface area contributed by atoms with Gasteiger partial charge in [-0.25, -0.2) is 0 Å². The number of para-hydroxylation sites is 3. The minimum Gasteiger partial charge on any atom is -0.780 e. The van der Waals surface area contributed by atoms with E-state index >= 15 is 0 Å². The smallest absolute Gasteiger partial charge is 0.780 e. The van der Waals surface area contributed by atoms with Gasteiger partial charge in [-0.1, -0.05) is 97.1 Å². The number of aromatic amines is 1. The van der Waals surface area contributed by atoms with Gasteiger partial charge in [-0.05, 0) is 42.0 Å². The summed E-state index contributed by atoms with van der Waals surface area (Å²) in [6, 6.07) is 45.9. The summed E-state index contributed by atoms with van der Waals surface area (Å²) in [6.07, 6.45) is 0. The Bertz CT molecular complexity index is 2220. The molecular formula is C38H29N3OSW. The number of anilines is 2. The molecule has 0 aliphatic rings. The Kier molecular flexibility index (Phi) is 8.43. The number of aromatic nitrogens is 1. The number of H-pyrrole nitrogens is 1. The summed E-state index contributed by atoms with van der Waals surface area (Å²) in [6.45, 7) is 0. The second-order valence-corrected chi connectivity index (χ2v) is 10.9. The fourth-order valence-electron chi connectivity index (χ4n) is 5.77. The van der Waals surface area contributed by atoms with E-state index in [1.54, 1.807) is 7.05 Å². The van der Waals surface area contributed by atoms with Crippen molar-refractivity contribution in [2.75, 3.05) is 19.0 Å². The Morgan fingerprint density at radius 3 is 2.16 bits per heavy atom. The normalized spacial score (nSPS) is 10.9. The van der Waals surface area contributed by atoms with Crippen LogP contribution in [-0.2, 0) is 33.7 Å². The first-order chi connectivity index (χ1) is 21.1. The van der Waals surface area contributed by atoms with Crippen LogP contribution in [-0.4, -0.2) is 19.1 Å². The second-order valence-electron chi connectivity index (χ2n) is 10.5. The molecule has 2 aromatic heterocycles. The number of rotatable bonds is 4. The van der Waals surface area contributed by atoms with Crippen LogP contribution in [0.3, 0.4) is 0 Å². The number of hydrogen-bond acceptors (Lipinski definition) is 3. The maximum Gasteiger partial charge on any atom is 2.00 e. The molecule has 214 valence electrons. The van der Waals surface area contributed by atoms with E-state index in [0.717, 1.165) is 43.7 Å². The molecule has 8 aromatic rings. The summed E-state index contributed by atoms with van der Waals surface area (Å²) in [5, 5.41) is 8.75. The van der Waals surface area contributed by atoms with E-state index < -0.39 is 0 Å². The molecule has 4 nitrogen and oxygen atoms in total. The molecule has 0 spiro atoms. The molecule has 0 saturated carbocycles. The molecule has 2 heterocycles. The van der Waals surface area contributed by atoms with Crippen LogP contribution in [0.1, 0.15) is 0 Å². The van der Waals surface area contributed by atoms with E-state index in [9.17, 15) is 0 Å². The summed E-state index contributed by atoms with van der Waals surface area (Å²) >= 11 is 5.42. The van der Waals surface area contributed by atoms with Crippen LogP contribution < -0.4 is 4.90 Å². The number of nitrogens with one attached hydrogen (secondary N) is 1. The molecule has 0 atom stereocenters. The average molecular weight is 760 g/mol. The van der Waals surface area contributed by atoms with Crippen molar-refractivity contribution in [1.29, 1.82) is 0 Å². The second kappa shape index (κ2) is 12.6. The zero-order valence-corrected chi connectivity index (χ0v) is 28.1. The van der Waals surface area contributed by atoms with Crippen molar-refractivity contribution in [1.82, 2.24) is 4.98 Å². The van der Waals surface area contributed by atoms with Crippen molar-refractivity contribution in [3.05, 3.63) is 139 Å². The van der Waals surface area contributed by atoms with Crippen LogP contribution in [0.15, 0.2) is 143 Å². The van der Waals surface area contributed by atoms with Gasteiger partial charge in [0.25, 0.3) is 0 Å². The Morgan fingerprint density at radius 1 is 0.659 bits per heavy atom. The van der Waals surface area contributed by atoms with Crippen molar-refractivity contribution in [2.45, 2.75) is 4.90 Å². The van der Waals surface area contributed by atoms with Gasteiger partial charge in [0.15, 0.2) is 0 Å². The number of furan rings is 1. The van der Waals surface area contributed by atoms with Crippen molar-refractivity contribution < 1.29 is 25.5 Å². The standard InChI is InChI=1S/C25H20N2.C13H10NOS.W/c1-27(25-14-8-6-11-20(25)18-9-3-2-4-10-18)19-15-16-22-21-12-5-7-13-23(21)26-24(22)17-19;1-14-9-6-7-11-12(13(9)16)8-4-2-3-5-10(8)15-11;/h2-17,26H,1H3;2-7,16H,1H3;/q;-1;+2/p-1. The van der Waals surface area contributed by atoms with Crippen LogP contribution in [0, 0.1) is 0 Å². The predicted molar refractivity (Wildman–Crippen MR) is 184 cm³/mol. The summed E-state index contributed by atoms with van der Waals surface area (Å²) in [4.78, 5) is 6.57. The monoisotopic (exact) mass is 759 g/mol. The average Bonchev–Trinajstić information content (AvgIpc) is 3.64. The minimum atomic E-state index is 0. The van der Waals surface area contributed by atoms with E-state index in [1.807, 2.05) is 36.4 Å². The van der Waals surface area contributed by atoms with E-state index in [-0.39, 0.29) is 21.1 Å². The number of fused-ring (bicyclic) bond motifs is 6. The van der Waals surface area contributed by atoms with Crippen molar-refractivity contribution in [3.63, 3.8) is 0 Å². The third-order valence-electron chi connectivity index (χ3n) is 7.94. The molecule has 0 bridgehead atoms. The van der Waals surface area contributed by atoms with Gasteiger partial charge in [-0.15, -0.1) is 7.05 Å². The third kappa shape index (κ3) is 5.34. The van der Waals surface area contributed by atoms with Crippen molar-refractivity contribution in [3.8, 4) is 11.1 Å². The SMILES string of the molecule is CN(c1ccc2c(c1)[nH]c1ccccc12)c1ccccc1-c1ccccc1.C[N-]c1ccc2oc3ccccc3c2c1[S-].[W+2]. The van der Waals surface area contributed by atoms with Gasteiger partial charge < -0.3 is 32.2 Å². The van der Waals surface area contributed by atoms with E-state index in [4.69, 9.17) is 17.0 Å². The molecule has 6 heteroatoms. The predicted octanol–water partition coefficient (Wildman–Crippen LogP) is 10.9. The molecule has 0 unspecified atom stereocenters. The summed E-state index contributed by atoms with van der Waals surface area (Å²) in [5.41, 5.74) is 9.71. The topological polar surface area (TPSA) is 46.3 Å². The van der Waals surface area contributed by atoms with E-state index in [0.29, 0.717) is 0 Å². The van der Waals surface area contributed by atoms with Gasteiger partial charge >= 0.3 is 21.1 Å². The molecule has 1 N–H and O–H groups in total. The van der Waals surface area contributed by atoms with Crippen molar-refractivity contribution in [2.24, 2.45) is 0 Å². The molecular weight excluding hydrogens is 730 g/mol. The molecule has 6 aromatic carbocycles. The van der Waals surface area contributed by atoms with Gasteiger partial charge in [0.1, 0.15) is 11.2 Å². The zero-order valence-electron chi connectivity index (χ0n) is 24.3. The number of benzene rings is 6. The first kappa shape index (κ1) is 29.5. The summed E-state index contributed by atoms with van der Waals surface area (Å²) in [7, 11) is 3.88. The quantitative estimate of drug-likeness (QED) is 0.182. The van der Waals surface area contributed by atoms with Gasteiger partial charge in [-0.3, -0.25) is 0 Å². The molecule has 0 radical (unpaired) electrons. The van der Waals surface area contributed by atoms with Crippen LogP contribution in [0.25, 0.3) is 60.2 Å². The molecule has 8 rings (SSSR count). The molecule has 44 heavy (non-hydrogen) atoms. The van der Waals surface area contributed by atoms with Gasteiger partial charge in [0.2, 0.25) is 0 Å². The number of nitrogens with zero attached hydrogens (tertiary/aromatic N) is 2. The largest absolute Gasteiger partial charge is 2.00 e. The van der Waals surface area contributed by atoms with Crippen LogP contribution in [0.5, 0.6) is 0 Å². The van der Waals surface area contributed by atoms with Crippen LogP contribution >= 0.6 is 0 Å². The first-order valence-electron chi connectivity index (χ1n) is 14.2. The summed E-state index contributed by atoms with van der Waals surface area (Å²) < 4.78 is 5.72. The zero-order chi connectivity index (χ0) is 29.3. The van der Waals surface area contributed by atoms with E-state index in [1.165, 1.54) is 33.1 Å². The van der Waals surface area contributed by atoms with Gasteiger partial charge in [0, 0.05) is 56.6 Å². The summed E-state index contributed by atoms with van der Waals surface area (Å²) in [5.74, 6) is 0. The van der Waals surface area contributed by atoms with Gasteiger partial charge in [-0.2, -0.15) is 10.6 Å². The minimum absolute atomic E-state index is 0. The maximum absolute atomic E-state index is 5.72. The molecule has 0 amide bonds. The Hall–Kier alpha value is -4.57. The Morgan fingerprint density at radius 2 is 1.34 bits per heavy atom. The van der Waals surface area contributed by atoms with Crippen LogP contribution in [0.4, 0.5) is 17.1 Å². The van der Waals surface area contributed by atoms with Crippen LogP contribution in [0.2, 0.25) is 0 Å². The molecule has 0 fully saturated rings. The number of hydrogen-bond donors (Lipinski definition) is 1. The fourth-order valence-corrected chi connectivity index (χ4v) is 6.14. The van der Waals surface area contributed by atoms with Gasteiger partial charge in [0.05, 0.1) is 0 Å². The Labute approximate surface area is 276 Å². The first-order valence-corrected chi connectivity index (χ1v) is 14.6. The fraction of sp³-hybridized carbons (Fsp3) is 0.0526. The molecule has 0 saturated heterocycles. The van der Waals surface area contributed by atoms with E-state index in [2.05, 4.69) is 119 Å². The Balaban J connectivity index is 0.000000173. The molecule has 0 aliphatic heterocycles. The maximum atomic E-state index is 5.72. The van der Waals surface area contributed by atoms with Crippen molar-refractivity contribution >= 4 is 73.4 Å².